The van der Waals surface area contributed by atoms with Gasteiger partial charge in [0.1, 0.15) is 0 Å². The summed E-state index contributed by atoms with van der Waals surface area (Å²) < 4.78 is 30.2. The smallest absolute Gasteiger partial charge is 0.338 e. The largest absolute Gasteiger partial charge is 0.452 e. The summed E-state index contributed by atoms with van der Waals surface area (Å²) in [4.78, 5) is 24.3. The van der Waals surface area contributed by atoms with Gasteiger partial charge < -0.3 is 10.1 Å². The number of nitrogens with one attached hydrogen (secondary N) is 1. The van der Waals surface area contributed by atoms with Gasteiger partial charge in [0, 0.05) is 20.1 Å². The Morgan fingerprint density at radius 2 is 1.78 bits per heavy atom. The van der Waals surface area contributed by atoms with E-state index in [2.05, 4.69) is 19.2 Å². The molecule has 1 aromatic carbocycles. The van der Waals surface area contributed by atoms with Crippen LogP contribution in [-0.4, -0.2) is 51.3 Å². The lowest BCUT2D eigenvalue weighted by Crippen LogP contribution is -2.45. The SMILES string of the molecule is CC1CCCC(NC(=O)COC(=O)c2ccc(S(=O)(=O)N(C)C)cc2)C1C. The molecule has 1 saturated carbocycles. The maximum Gasteiger partial charge on any atom is 0.338 e. The molecular weight excluding hydrogens is 368 g/mol. The zero-order valence-corrected chi connectivity index (χ0v) is 17.1. The Balaban J connectivity index is 1.89. The Kier molecular flexibility index (Phi) is 7.00. The first-order valence-electron chi connectivity index (χ1n) is 9.12. The van der Waals surface area contributed by atoms with E-state index in [1.54, 1.807) is 0 Å². The lowest BCUT2D eigenvalue weighted by atomic mass is 9.78. The zero-order valence-electron chi connectivity index (χ0n) is 16.3. The summed E-state index contributed by atoms with van der Waals surface area (Å²) in [5.41, 5.74) is 0.195. The normalized spacial score (nSPS) is 23.1. The molecule has 1 aliphatic carbocycles. The number of benzene rings is 1. The fourth-order valence-corrected chi connectivity index (χ4v) is 4.12. The van der Waals surface area contributed by atoms with Crippen molar-refractivity contribution < 1.29 is 22.7 Å². The maximum atomic E-state index is 12.1. The summed E-state index contributed by atoms with van der Waals surface area (Å²) in [5.74, 6) is -0.0294. The molecule has 0 saturated heterocycles. The topological polar surface area (TPSA) is 92.8 Å². The molecule has 0 heterocycles. The molecule has 1 aliphatic rings. The van der Waals surface area contributed by atoms with Crippen molar-refractivity contribution in [2.24, 2.45) is 11.8 Å². The number of amides is 1. The highest BCUT2D eigenvalue weighted by Crippen LogP contribution is 2.29. The first kappa shape index (κ1) is 21.4. The van der Waals surface area contributed by atoms with Crippen molar-refractivity contribution in [3.63, 3.8) is 0 Å². The van der Waals surface area contributed by atoms with Gasteiger partial charge in [0.2, 0.25) is 10.0 Å². The highest BCUT2D eigenvalue weighted by molar-refractivity contribution is 7.89. The Morgan fingerprint density at radius 1 is 1.15 bits per heavy atom. The highest BCUT2D eigenvalue weighted by Gasteiger charge is 2.28. The van der Waals surface area contributed by atoms with Crippen LogP contribution in [-0.2, 0) is 19.6 Å². The quantitative estimate of drug-likeness (QED) is 0.743. The second-order valence-corrected chi connectivity index (χ2v) is 9.48. The van der Waals surface area contributed by atoms with Crippen molar-refractivity contribution in [2.75, 3.05) is 20.7 Å². The Morgan fingerprint density at radius 3 is 2.37 bits per heavy atom. The number of nitrogens with zero attached hydrogens (tertiary/aromatic N) is 1. The summed E-state index contributed by atoms with van der Waals surface area (Å²) in [7, 11) is -0.685. The zero-order chi connectivity index (χ0) is 20.2. The van der Waals surface area contributed by atoms with E-state index >= 15 is 0 Å². The molecule has 1 aromatic rings. The number of sulfonamides is 1. The number of carbonyl (C=O) groups is 2. The van der Waals surface area contributed by atoms with Gasteiger partial charge in [-0.3, -0.25) is 4.79 Å². The molecular formula is C19H28N2O5S. The minimum Gasteiger partial charge on any atom is -0.452 e. The number of carbonyl (C=O) groups excluding carboxylic acids is 2. The van der Waals surface area contributed by atoms with Gasteiger partial charge in [0.05, 0.1) is 10.5 Å². The molecule has 1 fully saturated rings. The molecule has 0 aromatic heterocycles. The third-order valence-corrected chi connectivity index (χ3v) is 7.09. The van der Waals surface area contributed by atoms with E-state index in [0.29, 0.717) is 11.8 Å². The van der Waals surface area contributed by atoms with Crippen LogP contribution in [0, 0.1) is 11.8 Å². The van der Waals surface area contributed by atoms with Crippen LogP contribution in [0.15, 0.2) is 29.2 Å². The predicted octanol–water partition coefficient (Wildman–Crippen LogP) is 2.03. The highest BCUT2D eigenvalue weighted by atomic mass is 32.2. The minimum absolute atomic E-state index is 0.0854. The van der Waals surface area contributed by atoms with Gasteiger partial charge in [-0.1, -0.05) is 26.7 Å². The van der Waals surface area contributed by atoms with Crippen molar-refractivity contribution in [2.45, 2.75) is 44.0 Å². The monoisotopic (exact) mass is 396 g/mol. The lowest BCUT2D eigenvalue weighted by Gasteiger charge is -2.34. The predicted molar refractivity (Wildman–Crippen MR) is 102 cm³/mol. The van der Waals surface area contributed by atoms with Crippen LogP contribution in [0.2, 0.25) is 0 Å². The molecule has 3 atom stereocenters. The van der Waals surface area contributed by atoms with Gasteiger partial charge in [-0.2, -0.15) is 0 Å². The van der Waals surface area contributed by atoms with Gasteiger partial charge >= 0.3 is 5.97 Å². The second kappa shape index (κ2) is 8.84. The van der Waals surface area contributed by atoms with Crippen molar-refractivity contribution in [1.82, 2.24) is 9.62 Å². The van der Waals surface area contributed by atoms with Gasteiger partial charge in [-0.25, -0.2) is 17.5 Å². The fourth-order valence-electron chi connectivity index (χ4n) is 3.22. The average molecular weight is 397 g/mol. The van der Waals surface area contributed by atoms with E-state index in [1.807, 2.05) is 0 Å². The number of hydrogen-bond acceptors (Lipinski definition) is 5. The molecule has 0 aliphatic heterocycles. The van der Waals surface area contributed by atoms with E-state index in [4.69, 9.17) is 4.74 Å². The number of ether oxygens (including phenoxy) is 1. The van der Waals surface area contributed by atoms with E-state index in [0.717, 1.165) is 17.1 Å². The Labute approximate surface area is 161 Å². The summed E-state index contributed by atoms with van der Waals surface area (Å²) in [5, 5.41) is 2.95. The van der Waals surface area contributed by atoms with Gasteiger partial charge in [-0.15, -0.1) is 0 Å². The first-order chi connectivity index (χ1) is 12.6. The summed E-state index contributed by atoms with van der Waals surface area (Å²) in [6.45, 7) is 3.96. The van der Waals surface area contributed by atoms with Crippen LogP contribution in [0.1, 0.15) is 43.5 Å². The minimum atomic E-state index is -3.55. The molecule has 8 heteroatoms. The summed E-state index contributed by atoms with van der Waals surface area (Å²) in [6, 6.07) is 5.55. The molecule has 0 spiro atoms. The standard InChI is InChI=1S/C19H28N2O5S/c1-13-6-5-7-17(14(13)2)20-18(22)12-26-19(23)15-8-10-16(11-9-15)27(24,25)21(3)4/h8-11,13-14,17H,5-7,12H2,1-4H3,(H,20,22). The molecule has 27 heavy (non-hydrogen) atoms. The lowest BCUT2D eigenvalue weighted by molar-refractivity contribution is -0.125. The van der Waals surface area contributed by atoms with E-state index < -0.39 is 16.0 Å². The molecule has 1 amide bonds. The third kappa shape index (κ3) is 5.29. The Hall–Kier alpha value is -1.93. The van der Waals surface area contributed by atoms with Crippen molar-refractivity contribution >= 4 is 21.9 Å². The van der Waals surface area contributed by atoms with Crippen LogP contribution in [0.3, 0.4) is 0 Å². The van der Waals surface area contributed by atoms with Gasteiger partial charge in [0.25, 0.3) is 5.91 Å². The molecule has 150 valence electrons. The number of esters is 1. The van der Waals surface area contributed by atoms with Crippen LogP contribution in [0.25, 0.3) is 0 Å². The molecule has 0 bridgehead atoms. The van der Waals surface area contributed by atoms with Crippen molar-refractivity contribution in [3.05, 3.63) is 29.8 Å². The average Bonchev–Trinajstić information content (AvgIpc) is 2.63. The van der Waals surface area contributed by atoms with Crippen LogP contribution >= 0.6 is 0 Å². The van der Waals surface area contributed by atoms with Crippen LogP contribution < -0.4 is 5.32 Å². The van der Waals surface area contributed by atoms with E-state index in [1.165, 1.54) is 44.8 Å². The number of rotatable bonds is 6. The molecule has 1 N–H and O–H groups in total. The van der Waals surface area contributed by atoms with Crippen LogP contribution in [0.4, 0.5) is 0 Å². The first-order valence-corrected chi connectivity index (χ1v) is 10.6. The summed E-state index contributed by atoms with van der Waals surface area (Å²) >= 11 is 0. The van der Waals surface area contributed by atoms with Crippen molar-refractivity contribution in [1.29, 1.82) is 0 Å². The maximum absolute atomic E-state index is 12.1. The molecule has 3 unspecified atom stereocenters. The van der Waals surface area contributed by atoms with Gasteiger partial charge in [0.15, 0.2) is 6.61 Å². The summed E-state index contributed by atoms with van der Waals surface area (Å²) in [6.07, 6.45) is 3.19. The molecule has 7 nitrogen and oxygen atoms in total. The fraction of sp³-hybridized carbons (Fsp3) is 0.579. The number of hydrogen-bond donors (Lipinski definition) is 1. The van der Waals surface area contributed by atoms with Gasteiger partial charge in [-0.05, 0) is 42.5 Å². The van der Waals surface area contributed by atoms with E-state index in [9.17, 15) is 18.0 Å². The van der Waals surface area contributed by atoms with Crippen LogP contribution in [0.5, 0.6) is 0 Å². The van der Waals surface area contributed by atoms with Crippen molar-refractivity contribution in [3.8, 4) is 0 Å². The Bertz CT molecular complexity index is 774. The van der Waals surface area contributed by atoms with E-state index in [-0.39, 0.29) is 29.0 Å². The molecule has 2 rings (SSSR count). The third-order valence-electron chi connectivity index (χ3n) is 5.26. The molecule has 0 radical (unpaired) electrons. The second-order valence-electron chi connectivity index (χ2n) is 7.33.